The Labute approximate surface area is 116 Å². The van der Waals surface area contributed by atoms with Crippen molar-refractivity contribution in [2.75, 3.05) is 19.8 Å². The molecule has 0 radical (unpaired) electrons. The van der Waals surface area contributed by atoms with E-state index in [9.17, 15) is 4.79 Å². The van der Waals surface area contributed by atoms with E-state index in [1.165, 1.54) is 0 Å². The van der Waals surface area contributed by atoms with Gasteiger partial charge in [-0.2, -0.15) is 0 Å². The molecular formula is C12H27NO5Si. The number of carbonyl (C=O) groups excluding carboxylic acids is 1. The van der Waals surface area contributed by atoms with Crippen LogP contribution in [0.2, 0.25) is 6.04 Å². The van der Waals surface area contributed by atoms with Crippen LogP contribution >= 0.6 is 0 Å². The first-order chi connectivity index (χ1) is 9.03. The molecule has 0 fully saturated rings. The van der Waals surface area contributed by atoms with Crippen LogP contribution in [0.4, 0.5) is 4.79 Å². The quantitative estimate of drug-likeness (QED) is 0.591. The van der Waals surface area contributed by atoms with E-state index in [1.54, 1.807) is 0 Å². The van der Waals surface area contributed by atoms with E-state index < -0.39 is 14.9 Å². The highest BCUT2D eigenvalue weighted by Crippen LogP contribution is 2.21. The molecule has 1 amide bonds. The largest absolute Gasteiger partial charge is 0.501 e. The van der Waals surface area contributed by atoms with E-state index in [1.807, 2.05) is 27.7 Å². The summed E-state index contributed by atoms with van der Waals surface area (Å²) in [6.07, 6.45) is 0.373. The SMILES string of the molecule is CCO[Si](CCC(CC)OC(N)=O)(OCC)OCC. The Morgan fingerprint density at radius 1 is 1.05 bits per heavy atom. The van der Waals surface area contributed by atoms with Crippen LogP contribution in [0.5, 0.6) is 0 Å². The Balaban J connectivity index is 4.55. The van der Waals surface area contributed by atoms with Crippen molar-refractivity contribution in [2.45, 2.75) is 52.7 Å². The smallest absolute Gasteiger partial charge is 0.446 e. The molecule has 0 aliphatic heterocycles. The Kier molecular flexibility index (Phi) is 9.85. The van der Waals surface area contributed by atoms with Gasteiger partial charge in [-0.25, -0.2) is 4.79 Å². The van der Waals surface area contributed by atoms with Crippen LogP contribution in [0.15, 0.2) is 0 Å². The van der Waals surface area contributed by atoms with Gasteiger partial charge in [0.2, 0.25) is 0 Å². The van der Waals surface area contributed by atoms with Gasteiger partial charge in [0.05, 0.1) is 0 Å². The Morgan fingerprint density at radius 3 is 1.84 bits per heavy atom. The maximum atomic E-state index is 10.8. The van der Waals surface area contributed by atoms with E-state index in [0.717, 1.165) is 0 Å². The average Bonchev–Trinajstić information content (AvgIpc) is 2.35. The fourth-order valence-electron chi connectivity index (χ4n) is 1.85. The molecule has 0 aromatic rings. The first-order valence-corrected chi connectivity index (χ1v) is 8.84. The molecule has 0 saturated heterocycles. The van der Waals surface area contributed by atoms with Gasteiger partial charge < -0.3 is 23.7 Å². The van der Waals surface area contributed by atoms with Gasteiger partial charge in [0.25, 0.3) is 0 Å². The maximum absolute atomic E-state index is 10.8. The van der Waals surface area contributed by atoms with Crippen LogP contribution in [0.1, 0.15) is 40.5 Å². The minimum atomic E-state index is -2.66. The number of carbonyl (C=O) groups is 1. The number of hydrogen-bond donors (Lipinski definition) is 1. The predicted molar refractivity (Wildman–Crippen MR) is 74.8 cm³/mol. The number of amides is 1. The number of nitrogens with two attached hydrogens (primary N) is 1. The topological polar surface area (TPSA) is 80.0 Å². The molecule has 7 heteroatoms. The lowest BCUT2D eigenvalue weighted by Crippen LogP contribution is -2.46. The molecule has 0 aromatic carbocycles. The van der Waals surface area contributed by atoms with E-state index >= 15 is 0 Å². The fraction of sp³-hybridized carbons (Fsp3) is 0.917. The summed E-state index contributed by atoms with van der Waals surface area (Å²) in [5.41, 5.74) is 5.04. The van der Waals surface area contributed by atoms with Gasteiger partial charge >= 0.3 is 14.9 Å². The summed E-state index contributed by atoms with van der Waals surface area (Å²) in [4.78, 5) is 10.8. The molecule has 19 heavy (non-hydrogen) atoms. The number of primary amides is 1. The van der Waals surface area contributed by atoms with Gasteiger partial charge in [-0.1, -0.05) is 6.92 Å². The summed E-state index contributed by atoms with van der Waals surface area (Å²) >= 11 is 0. The van der Waals surface area contributed by atoms with Crippen molar-refractivity contribution in [2.24, 2.45) is 5.73 Å². The highest BCUT2D eigenvalue weighted by atomic mass is 28.4. The molecule has 1 unspecified atom stereocenters. The first kappa shape index (κ1) is 18.4. The molecule has 0 rings (SSSR count). The summed E-state index contributed by atoms with van der Waals surface area (Å²) in [6, 6.07) is 0.619. The standard InChI is InChI=1S/C12H27NO5Si/c1-5-11(18-12(13)14)9-10-19(15-6-2,16-7-3)17-8-4/h11H,5-10H2,1-4H3,(H2,13,14). The highest BCUT2D eigenvalue weighted by Gasteiger charge is 2.40. The average molecular weight is 293 g/mol. The van der Waals surface area contributed by atoms with Crippen molar-refractivity contribution in [3.05, 3.63) is 0 Å². The van der Waals surface area contributed by atoms with Crippen LogP contribution in [0.3, 0.4) is 0 Å². The minimum Gasteiger partial charge on any atom is -0.446 e. The third-order valence-corrected chi connectivity index (χ3v) is 5.69. The van der Waals surface area contributed by atoms with Crippen LogP contribution < -0.4 is 5.73 Å². The molecule has 1 atom stereocenters. The molecule has 0 aliphatic rings. The molecule has 0 aromatic heterocycles. The van der Waals surface area contributed by atoms with Gasteiger partial charge in [-0.15, -0.1) is 0 Å². The normalized spacial score (nSPS) is 13.3. The number of hydrogen-bond acceptors (Lipinski definition) is 5. The van der Waals surface area contributed by atoms with Crippen molar-refractivity contribution < 1.29 is 22.8 Å². The molecule has 0 saturated carbocycles. The Hall–Kier alpha value is -0.633. The minimum absolute atomic E-state index is 0.217. The molecular weight excluding hydrogens is 266 g/mol. The zero-order valence-corrected chi connectivity index (χ0v) is 13.4. The third kappa shape index (κ3) is 7.51. The van der Waals surface area contributed by atoms with Gasteiger partial charge in [0.15, 0.2) is 0 Å². The van der Waals surface area contributed by atoms with E-state index in [-0.39, 0.29) is 6.10 Å². The van der Waals surface area contributed by atoms with Gasteiger partial charge in [-0.3, -0.25) is 0 Å². The van der Waals surface area contributed by atoms with Crippen LogP contribution in [-0.4, -0.2) is 40.8 Å². The van der Waals surface area contributed by atoms with Crippen LogP contribution in [0.25, 0.3) is 0 Å². The van der Waals surface area contributed by atoms with Crippen molar-refractivity contribution in [1.82, 2.24) is 0 Å². The van der Waals surface area contributed by atoms with Gasteiger partial charge in [0, 0.05) is 25.9 Å². The zero-order valence-electron chi connectivity index (χ0n) is 12.4. The summed E-state index contributed by atoms with van der Waals surface area (Å²) in [5, 5.41) is 0. The Bertz CT molecular complexity index is 235. The highest BCUT2D eigenvalue weighted by molar-refractivity contribution is 6.60. The lowest BCUT2D eigenvalue weighted by Gasteiger charge is -2.29. The molecule has 0 bridgehead atoms. The maximum Gasteiger partial charge on any atom is 0.501 e. The summed E-state index contributed by atoms with van der Waals surface area (Å²) in [7, 11) is -2.66. The van der Waals surface area contributed by atoms with E-state index in [0.29, 0.717) is 38.7 Å². The van der Waals surface area contributed by atoms with E-state index in [4.69, 9.17) is 23.7 Å². The molecule has 0 heterocycles. The number of ether oxygens (including phenoxy) is 1. The van der Waals surface area contributed by atoms with Crippen molar-refractivity contribution in [3.63, 3.8) is 0 Å². The predicted octanol–water partition coefficient (Wildman–Crippen LogP) is 2.30. The number of rotatable bonds is 11. The van der Waals surface area contributed by atoms with Crippen molar-refractivity contribution in [3.8, 4) is 0 Å². The monoisotopic (exact) mass is 293 g/mol. The molecule has 0 spiro atoms. The van der Waals surface area contributed by atoms with Crippen molar-refractivity contribution in [1.29, 1.82) is 0 Å². The van der Waals surface area contributed by atoms with Crippen molar-refractivity contribution >= 4 is 14.9 Å². The summed E-state index contributed by atoms with van der Waals surface area (Å²) in [6.45, 7) is 9.31. The van der Waals surface area contributed by atoms with E-state index in [2.05, 4.69) is 0 Å². The summed E-state index contributed by atoms with van der Waals surface area (Å²) in [5.74, 6) is 0. The molecule has 6 nitrogen and oxygen atoms in total. The second-order valence-electron chi connectivity index (χ2n) is 3.99. The van der Waals surface area contributed by atoms with Crippen LogP contribution in [0, 0.1) is 0 Å². The zero-order chi connectivity index (χ0) is 14.7. The van der Waals surface area contributed by atoms with Crippen LogP contribution in [-0.2, 0) is 18.0 Å². The lowest BCUT2D eigenvalue weighted by molar-refractivity contribution is 0.0605. The fourth-order valence-corrected chi connectivity index (χ4v) is 4.53. The summed E-state index contributed by atoms with van der Waals surface area (Å²) < 4.78 is 22.2. The second-order valence-corrected chi connectivity index (χ2v) is 6.72. The molecule has 0 aliphatic carbocycles. The van der Waals surface area contributed by atoms with Gasteiger partial charge in [-0.05, 0) is 33.6 Å². The van der Waals surface area contributed by atoms with Gasteiger partial charge in [0.1, 0.15) is 6.10 Å². The second kappa shape index (κ2) is 10.2. The Morgan fingerprint density at radius 2 is 1.53 bits per heavy atom. The molecule has 114 valence electrons. The first-order valence-electron chi connectivity index (χ1n) is 6.91. The third-order valence-electron chi connectivity index (χ3n) is 2.60. The lowest BCUT2D eigenvalue weighted by atomic mass is 10.2. The molecule has 2 N–H and O–H groups in total.